The van der Waals surface area contributed by atoms with Crippen LogP contribution in [0.1, 0.15) is 12.8 Å². The van der Waals surface area contributed by atoms with E-state index in [-0.39, 0.29) is 11.8 Å². The molecule has 0 aliphatic heterocycles. The van der Waals surface area contributed by atoms with E-state index in [1.165, 1.54) is 0 Å². The maximum Gasteiger partial charge on any atom is 0.220 e. The standard InChI is InChI=1S/C8H16N2O2S/c1-9-7(11)3-5-13-6-4-8(12)10-2/h3-6H2,1-2H3,(H,9,11)(H,10,12). The Morgan fingerprint density at radius 3 is 1.69 bits per heavy atom. The van der Waals surface area contributed by atoms with E-state index in [1.54, 1.807) is 25.9 Å². The van der Waals surface area contributed by atoms with Gasteiger partial charge in [0.1, 0.15) is 0 Å². The number of nitrogens with one attached hydrogen (secondary N) is 2. The van der Waals surface area contributed by atoms with Crippen molar-refractivity contribution in [2.24, 2.45) is 0 Å². The van der Waals surface area contributed by atoms with Gasteiger partial charge in [-0.15, -0.1) is 0 Å². The molecule has 0 aromatic heterocycles. The van der Waals surface area contributed by atoms with Crippen molar-refractivity contribution in [1.29, 1.82) is 0 Å². The second-order valence-corrected chi connectivity index (χ2v) is 3.68. The number of rotatable bonds is 6. The van der Waals surface area contributed by atoms with Crippen LogP contribution in [-0.2, 0) is 9.59 Å². The van der Waals surface area contributed by atoms with Crippen LogP contribution in [0.15, 0.2) is 0 Å². The summed E-state index contributed by atoms with van der Waals surface area (Å²) >= 11 is 1.62. The fourth-order valence-electron chi connectivity index (χ4n) is 0.682. The number of carbonyl (C=O) groups excluding carboxylic acids is 2. The van der Waals surface area contributed by atoms with Crippen LogP contribution in [0.5, 0.6) is 0 Å². The molecule has 0 spiro atoms. The van der Waals surface area contributed by atoms with Gasteiger partial charge < -0.3 is 10.6 Å². The normalized spacial score (nSPS) is 9.38. The van der Waals surface area contributed by atoms with Gasteiger partial charge in [-0.05, 0) is 0 Å². The molecular formula is C8H16N2O2S. The maximum absolute atomic E-state index is 10.8. The van der Waals surface area contributed by atoms with Gasteiger partial charge in [-0.25, -0.2) is 0 Å². The van der Waals surface area contributed by atoms with E-state index in [0.29, 0.717) is 12.8 Å². The molecule has 0 rings (SSSR count). The molecule has 13 heavy (non-hydrogen) atoms. The molecule has 0 saturated carbocycles. The molecule has 0 saturated heterocycles. The molecule has 0 aromatic rings. The smallest absolute Gasteiger partial charge is 0.220 e. The molecule has 0 atom stereocenters. The Bertz CT molecular complexity index is 156. The third-order valence-electron chi connectivity index (χ3n) is 1.50. The van der Waals surface area contributed by atoms with Crippen molar-refractivity contribution < 1.29 is 9.59 Å². The van der Waals surface area contributed by atoms with Crippen molar-refractivity contribution in [3.8, 4) is 0 Å². The van der Waals surface area contributed by atoms with Gasteiger partial charge in [-0.3, -0.25) is 9.59 Å². The van der Waals surface area contributed by atoms with Crippen LogP contribution in [0, 0.1) is 0 Å². The van der Waals surface area contributed by atoms with Crippen LogP contribution >= 0.6 is 11.8 Å². The minimum absolute atomic E-state index is 0.0486. The molecule has 0 aliphatic rings. The molecule has 0 aliphatic carbocycles. The Kier molecular flexibility index (Phi) is 7.48. The number of thioether (sulfide) groups is 1. The van der Waals surface area contributed by atoms with E-state index in [0.717, 1.165) is 11.5 Å². The minimum Gasteiger partial charge on any atom is -0.359 e. The quantitative estimate of drug-likeness (QED) is 0.598. The first-order chi connectivity index (χ1) is 6.20. The van der Waals surface area contributed by atoms with Gasteiger partial charge in [0.2, 0.25) is 11.8 Å². The van der Waals surface area contributed by atoms with Gasteiger partial charge in [-0.1, -0.05) is 0 Å². The number of hydrogen-bond donors (Lipinski definition) is 2. The van der Waals surface area contributed by atoms with Gasteiger partial charge in [-0.2, -0.15) is 11.8 Å². The second-order valence-electron chi connectivity index (χ2n) is 2.46. The fraction of sp³-hybridized carbons (Fsp3) is 0.750. The fourth-order valence-corrected chi connectivity index (χ4v) is 1.55. The van der Waals surface area contributed by atoms with Crippen molar-refractivity contribution in [3.05, 3.63) is 0 Å². The SMILES string of the molecule is CNC(=O)CCSCCC(=O)NC. The van der Waals surface area contributed by atoms with E-state index in [9.17, 15) is 9.59 Å². The predicted molar refractivity (Wildman–Crippen MR) is 54.7 cm³/mol. The highest BCUT2D eigenvalue weighted by molar-refractivity contribution is 7.99. The van der Waals surface area contributed by atoms with E-state index in [4.69, 9.17) is 0 Å². The highest BCUT2D eigenvalue weighted by atomic mass is 32.2. The average Bonchev–Trinajstić information content (AvgIpc) is 2.16. The lowest BCUT2D eigenvalue weighted by atomic mass is 10.4. The first-order valence-electron chi connectivity index (χ1n) is 4.19. The van der Waals surface area contributed by atoms with Crippen molar-refractivity contribution >= 4 is 23.6 Å². The summed E-state index contributed by atoms with van der Waals surface area (Å²) in [7, 11) is 3.25. The third kappa shape index (κ3) is 7.64. The van der Waals surface area contributed by atoms with Crippen LogP contribution in [-0.4, -0.2) is 37.4 Å². The molecule has 0 heterocycles. The first kappa shape index (κ1) is 12.3. The van der Waals surface area contributed by atoms with Crippen molar-refractivity contribution in [2.75, 3.05) is 25.6 Å². The largest absolute Gasteiger partial charge is 0.359 e. The zero-order chi connectivity index (χ0) is 10.1. The lowest BCUT2D eigenvalue weighted by Crippen LogP contribution is -2.19. The van der Waals surface area contributed by atoms with Crippen LogP contribution < -0.4 is 10.6 Å². The van der Waals surface area contributed by atoms with Gasteiger partial charge in [0.15, 0.2) is 0 Å². The van der Waals surface area contributed by atoms with Crippen LogP contribution in [0.2, 0.25) is 0 Å². The van der Waals surface area contributed by atoms with Crippen molar-refractivity contribution in [2.45, 2.75) is 12.8 Å². The molecular weight excluding hydrogens is 188 g/mol. The summed E-state index contributed by atoms with van der Waals surface area (Å²) in [5, 5.41) is 5.09. The molecule has 0 aromatic carbocycles. The van der Waals surface area contributed by atoms with Gasteiger partial charge in [0, 0.05) is 38.4 Å². The van der Waals surface area contributed by atoms with E-state index in [2.05, 4.69) is 10.6 Å². The molecule has 2 amide bonds. The zero-order valence-corrected chi connectivity index (χ0v) is 8.87. The van der Waals surface area contributed by atoms with Crippen LogP contribution in [0.25, 0.3) is 0 Å². The topological polar surface area (TPSA) is 58.2 Å². The minimum atomic E-state index is 0.0486. The summed E-state index contributed by atoms with van der Waals surface area (Å²) in [5.74, 6) is 1.65. The van der Waals surface area contributed by atoms with Gasteiger partial charge in [0.05, 0.1) is 0 Å². The summed E-state index contributed by atoms with van der Waals surface area (Å²) in [5.41, 5.74) is 0. The summed E-state index contributed by atoms with van der Waals surface area (Å²) < 4.78 is 0. The average molecular weight is 204 g/mol. The molecule has 0 bridgehead atoms. The molecule has 76 valence electrons. The highest BCUT2D eigenvalue weighted by Crippen LogP contribution is 2.03. The van der Waals surface area contributed by atoms with Gasteiger partial charge in [0.25, 0.3) is 0 Å². The van der Waals surface area contributed by atoms with Crippen molar-refractivity contribution in [1.82, 2.24) is 10.6 Å². The Morgan fingerprint density at radius 1 is 1.00 bits per heavy atom. The molecule has 2 N–H and O–H groups in total. The monoisotopic (exact) mass is 204 g/mol. The molecule has 4 nitrogen and oxygen atoms in total. The lowest BCUT2D eigenvalue weighted by Gasteiger charge is -2.00. The predicted octanol–water partition coefficient (Wildman–Crippen LogP) is -0.00820. The number of amides is 2. The molecule has 5 heteroatoms. The maximum atomic E-state index is 10.8. The molecule has 0 unspecified atom stereocenters. The summed E-state index contributed by atoms with van der Waals surface area (Å²) in [6.45, 7) is 0. The van der Waals surface area contributed by atoms with E-state index in [1.807, 2.05) is 0 Å². The summed E-state index contributed by atoms with van der Waals surface area (Å²) in [6.07, 6.45) is 1.05. The third-order valence-corrected chi connectivity index (χ3v) is 2.49. The van der Waals surface area contributed by atoms with Gasteiger partial charge >= 0.3 is 0 Å². The lowest BCUT2D eigenvalue weighted by molar-refractivity contribution is -0.120. The highest BCUT2D eigenvalue weighted by Gasteiger charge is 1.99. The van der Waals surface area contributed by atoms with Crippen LogP contribution in [0.4, 0.5) is 0 Å². The number of hydrogen-bond acceptors (Lipinski definition) is 3. The molecule has 0 fully saturated rings. The zero-order valence-electron chi connectivity index (χ0n) is 8.05. The second kappa shape index (κ2) is 7.91. The Morgan fingerprint density at radius 2 is 1.38 bits per heavy atom. The van der Waals surface area contributed by atoms with E-state index < -0.39 is 0 Å². The first-order valence-corrected chi connectivity index (χ1v) is 5.35. The Hall–Kier alpha value is -0.710. The van der Waals surface area contributed by atoms with Crippen LogP contribution in [0.3, 0.4) is 0 Å². The Labute approximate surface area is 82.8 Å². The molecule has 0 radical (unpaired) electrons. The summed E-state index contributed by atoms with van der Waals surface area (Å²) in [4.78, 5) is 21.5. The number of carbonyl (C=O) groups is 2. The van der Waals surface area contributed by atoms with Crippen molar-refractivity contribution in [3.63, 3.8) is 0 Å². The van der Waals surface area contributed by atoms with E-state index >= 15 is 0 Å². The Balaban J connectivity index is 3.17. The summed E-state index contributed by atoms with van der Waals surface area (Å²) in [6, 6.07) is 0.